The summed E-state index contributed by atoms with van der Waals surface area (Å²) in [5, 5.41) is 0. The van der Waals surface area contributed by atoms with Crippen molar-refractivity contribution in [2.24, 2.45) is 0 Å². The van der Waals surface area contributed by atoms with E-state index >= 15 is 0 Å². The van der Waals surface area contributed by atoms with Crippen molar-refractivity contribution in [1.29, 1.82) is 0 Å². The van der Waals surface area contributed by atoms with Crippen LogP contribution in [0.1, 0.15) is 10.4 Å². The molecule has 0 saturated carbocycles. The largest absolute Gasteiger partial charge is 0.346 e. The minimum absolute atomic E-state index is 0.0336. The van der Waals surface area contributed by atoms with Crippen molar-refractivity contribution >= 4 is 17.5 Å². The summed E-state index contributed by atoms with van der Waals surface area (Å²) in [6.07, 6.45) is 5.24. The maximum Gasteiger partial charge on any atom is 0.182 e. The first-order chi connectivity index (χ1) is 8.69. The lowest BCUT2D eigenvalue weighted by Gasteiger charge is -2.05. The fraction of sp³-hybridized carbons (Fsp3) is 0.143. The van der Waals surface area contributed by atoms with Gasteiger partial charge >= 0.3 is 0 Å². The number of nitrogens with zero attached hydrogens (tertiary/aromatic N) is 1. The van der Waals surface area contributed by atoms with Crippen molar-refractivity contribution < 1.29 is 4.79 Å². The Morgan fingerprint density at radius 2 is 1.72 bits per heavy atom. The van der Waals surface area contributed by atoms with Gasteiger partial charge in [-0.3, -0.25) is 9.59 Å². The van der Waals surface area contributed by atoms with Gasteiger partial charge in [-0.25, -0.2) is 0 Å². The molecule has 1 aromatic carbocycles. The molecule has 0 fully saturated rings. The third kappa shape index (κ3) is 3.11. The second kappa shape index (κ2) is 5.69. The third-order valence-electron chi connectivity index (χ3n) is 2.60. The fourth-order valence-corrected chi connectivity index (χ4v) is 1.99. The Hall–Kier alpha value is -1.81. The van der Waals surface area contributed by atoms with Crippen LogP contribution in [0.3, 0.4) is 0 Å². The number of hydrogen-bond donors (Lipinski definition) is 0. The molecule has 18 heavy (non-hydrogen) atoms. The summed E-state index contributed by atoms with van der Waals surface area (Å²) in [5.74, 6) is 0.0336. The molecule has 0 unspecified atom stereocenters. The minimum atomic E-state index is -0.0528. The van der Waals surface area contributed by atoms with Crippen LogP contribution in [0.4, 0.5) is 0 Å². The molecule has 1 heterocycles. The van der Waals surface area contributed by atoms with Crippen LogP contribution >= 0.6 is 11.8 Å². The molecule has 3 nitrogen and oxygen atoms in total. The molecular formula is C14H13NO2S. The first-order valence-corrected chi connectivity index (χ1v) is 6.75. The highest BCUT2D eigenvalue weighted by atomic mass is 32.2. The SMILES string of the molecule is CSc1ccc(C(=O)Cn2ccc(=O)cc2)cc1. The van der Waals surface area contributed by atoms with E-state index in [1.54, 1.807) is 28.7 Å². The molecule has 0 aliphatic heterocycles. The number of thioether (sulfide) groups is 1. The Balaban J connectivity index is 2.11. The third-order valence-corrected chi connectivity index (χ3v) is 3.34. The molecule has 0 aliphatic carbocycles. The van der Waals surface area contributed by atoms with Crippen molar-refractivity contribution in [3.8, 4) is 0 Å². The molecule has 2 aromatic rings. The summed E-state index contributed by atoms with van der Waals surface area (Å²) < 4.78 is 1.70. The fourth-order valence-electron chi connectivity index (χ4n) is 1.58. The Kier molecular flexibility index (Phi) is 3.99. The molecule has 1 aromatic heterocycles. The first kappa shape index (κ1) is 12.6. The molecule has 0 amide bonds. The lowest BCUT2D eigenvalue weighted by atomic mass is 10.1. The van der Waals surface area contributed by atoms with Gasteiger partial charge in [0.05, 0.1) is 6.54 Å². The topological polar surface area (TPSA) is 39.1 Å². The smallest absolute Gasteiger partial charge is 0.182 e. The van der Waals surface area contributed by atoms with Crippen molar-refractivity contribution in [2.45, 2.75) is 11.4 Å². The van der Waals surface area contributed by atoms with E-state index in [4.69, 9.17) is 0 Å². The van der Waals surface area contributed by atoms with Gasteiger partial charge in [-0.05, 0) is 18.4 Å². The summed E-state index contributed by atoms with van der Waals surface area (Å²) in [4.78, 5) is 24.1. The van der Waals surface area contributed by atoms with Crippen molar-refractivity contribution in [3.05, 3.63) is 64.6 Å². The van der Waals surface area contributed by atoms with Gasteiger partial charge in [0.1, 0.15) is 0 Å². The number of carbonyl (C=O) groups is 1. The summed E-state index contributed by atoms with van der Waals surface area (Å²) >= 11 is 1.64. The van der Waals surface area contributed by atoms with Crippen LogP contribution in [0, 0.1) is 0 Å². The molecule has 0 bridgehead atoms. The number of hydrogen-bond acceptors (Lipinski definition) is 3. The number of Topliss-reactive ketones (excluding diaryl/α,β-unsaturated/α-hetero) is 1. The second-order valence-corrected chi connectivity index (χ2v) is 4.74. The number of aromatic nitrogens is 1. The molecule has 0 radical (unpaired) electrons. The van der Waals surface area contributed by atoms with E-state index in [1.807, 2.05) is 30.5 Å². The highest BCUT2D eigenvalue weighted by Gasteiger charge is 2.05. The van der Waals surface area contributed by atoms with Crippen molar-refractivity contribution in [1.82, 2.24) is 4.57 Å². The second-order valence-electron chi connectivity index (χ2n) is 3.86. The standard InChI is InChI=1S/C14H13NO2S/c1-18-13-4-2-11(3-5-13)14(17)10-15-8-6-12(16)7-9-15/h2-9H,10H2,1H3. The summed E-state index contributed by atoms with van der Waals surface area (Å²) in [6, 6.07) is 10.4. The monoisotopic (exact) mass is 259 g/mol. The lowest BCUT2D eigenvalue weighted by Crippen LogP contribution is -2.12. The molecule has 0 atom stereocenters. The van der Waals surface area contributed by atoms with E-state index in [9.17, 15) is 9.59 Å². The maximum atomic E-state index is 12.0. The summed E-state index contributed by atoms with van der Waals surface area (Å²) in [7, 11) is 0. The van der Waals surface area contributed by atoms with Crippen LogP contribution in [-0.4, -0.2) is 16.6 Å². The zero-order chi connectivity index (χ0) is 13.0. The van der Waals surface area contributed by atoms with Crippen LogP contribution in [0.25, 0.3) is 0 Å². The predicted octanol–water partition coefficient (Wildman–Crippen LogP) is 2.45. The molecule has 0 aliphatic rings. The van der Waals surface area contributed by atoms with Gasteiger partial charge in [0.25, 0.3) is 0 Å². The van der Waals surface area contributed by atoms with Gasteiger partial charge in [0.15, 0.2) is 11.2 Å². The summed E-state index contributed by atoms with van der Waals surface area (Å²) in [5.41, 5.74) is 0.634. The average Bonchev–Trinajstić information content (AvgIpc) is 2.41. The predicted molar refractivity (Wildman–Crippen MR) is 73.3 cm³/mol. The normalized spacial score (nSPS) is 10.3. The molecule has 0 saturated heterocycles. The Morgan fingerprint density at radius 3 is 2.28 bits per heavy atom. The number of rotatable bonds is 4. The average molecular weight is 259 g/mol. The highest BCUT2D eigenvalue weighted by molar-refractivity contribution is 7.98. The van der Waals surface area contributed by atoms with E-state index in [2.05, 4.69) is 0 Å². The zero-order valence-electron chi connectivity index (χ0n) is 10.00. The highest BCUT2D eigenvalue weighted by Crippen LogP contribution is 2.15. The van der Waals surface area contributed by atoms with Gasteiger partial charge in [-0.2, -0.15) is 0 Å². The van der Waals surface area contributed by atoms with Crippen LogP contribution in [-0.2, 0) is 6.54 Å². The van der Waals surface area contributed by atoms with Gasteiger partial charge in [-0.1, -0.05) is 12.1 Å². The first-order valence-electron chi connectivity index (χ1n) is 5.52. The number of ketones is 1. The molecule has 4 heteroatoms. The number of pyridine rings is 1. The van der Waals surface area contributed by atoms with Crippen LogP contribution in [0.15, 0.2) is 58.5 Å². The van der Waals surface area contributed by atoms with Gasteiger partial charge in [0.2, 0.25) is 0 Å². The van der Waals surface area contributed by atoms with E-state index in [1.165, 1.54) is 12.1 Å². The van der Waals surface area contributed by atoms with E-state index in [0.717, 1.165) is 4.90 Å². The Labute approximate surface area is 109 Å². The maximum absolute atomic E-state index is 12.0. The van der Waals surface area contributed by atoms with E-state index in [-0.39, 0.29) is 17.8 Å². The van der Waals surface area contributed by atoms with Crippen molar-refractivity contribution in [3.63, 3.8) is 0 Å². The van der Waals surface area contributed by atoms with E-state index < -0.39 is 0 Å². The van der Waals surface area contributed by atoms with E-state index in [0.29, 0.717) is 5.56 Å². The zero-order valence-corrected chi connectivity index (χ0v) is 10.8. The Bertz CT molecular complexity index is 581. The van der Waals surface area contributed by atoms with Gasteiger partial charge < -0.3 is 4.57 Å². The quantitative estimate of drug-likeness (QED) is 0.625. The number of carbonyl (C=O) groups excluding carboxylic acids is 1. The van der Waals surface area contributed by atoms with Gasteiger partial charge in [0, 0.05) is 35.0 Å². The van der Waals surface area contributed by atoms with Crippen molar-refractivity contribution in [2.75, 3.05) is 6.26 Å². The van der Waals surface area contributed by atoms with Crippen LogP contribution in [0.5, 0.6) is 0 Å². The van der Waals surface area contributed by atoms with Crippen LogP contribution < -0.4 is 5.43 Å². The molecule has 0 N–H and O–H groups in total. The molecular weight excluding hydrogens is 246 g/mol. The Morgan fingerprint density at radius 1 is 1.11 bits per heavy atom. The molecule has 0 spiro atoms. The van der Waals surface area contributed by atoms with Crippen LogP contribution in [0.2, 0.25) is 0 Å². The van der Waals surface area contributed by atoms with Gasteiger partial charge in [-0.15, -0.1) is 11.8 Å². The minimum Gasteiger partial charge on any atom is -0.346 e. The lowest BCUT2D eigenvalue weighted by molar-refractivity contribution is 0.0972. The molecule has 92 valence electrons. The number of benzene rings is 1. The summed E-state index contributed by atoms with van der Waals surface area (Å²) in [6.45, 7) is 0.249. The molecule has 2 rings (SSSR count).